The van der Waals surface area contributed by atoms with Crippen molar-refractivity contribution in [2.45, 2.75) is 31.7 Å². The Morgan fingerprint density at radius 2 is 1.85 bits per heavy atom. The van der Waals surface area contributed by atoms with Crippen LogP contribution >= 0.6 is 15.9 Å². The number of halogens is 4. The Kier molecular flexibility index (Phi) is 5.15. The van der Waals surface area contributed by atoms with Gasteiger partial charge < -0.3 is 9.66 Å². The lowest BCUT2D eigenvalue weighted by Crippen LogP contribution is -2.25. The third-order valence-corrected chi connectivity index (χ3v) is 4.23. The fraction of sp³-hybridized carbons (Fsp3) is 0.417. The van der Waals surface area contributed by atoms with Crippen molar-refractivity contribution < 1.29 is 22.8 Å². The van der Waals surface area contributed by atoms with E-state index in [-0.39, 0.29) is 15.8 Å². The molecular formula is C12H13BrF3NO2S. The Morgan fingerprint density at radius 1 is 1.30 bits per heavy atom. The summed E-state index contributed by atoms with van der Waals surface area (Å²) >= 11 is 1.13. The monoisotopic (exact) mass is 371 g/mol. The van der Waals surface area contributed by atoms with E-state index < -0.39 is 27.8 Å². The molecule has 0 aliphatic rings. The molecule has 20 heavy (non-hydrogen) atoms. The number of alkyl halides is 3. The van der Waals surface area contributed by atoms with Gasteiger partial charge in [-0.25, -0.2) is 0 Å². The lowest BCUT2D eigenvalue weighted by Gasteiger charge is -2.18. The summed E-state index contributed by atoms with van der Waals surface area (Å²) in [6, 6.07) is 1.69. The summed E-state index contributed by atoms with van der Waals surface area (Å²) in [6.45, 7) is 5.05. The zero-order valence-electron chi connectivity index (χ0n) is 11.0. The largest absolute Gasteiger partial charge is 0.591 e. The summed E-state index contributed by atoms with van der Waals surface area (Å²) in [7, 11) is 0. The first-order valence-electron chi connectivity index (χ1n) is 5.48. The molecule has 0 fully saturated rings. The summed E-state index contributed by atoms with van der Waals surface area (Å²) in [5.41, 5.74) is -1.07. The van der Waals surface area contributed by atoms with Crippen LogP contribution in [0.15, 0.2) is 21.0 Å². The first kappa shape index (κ1) is 17.3. The van der Waals surface area contributed by atoms with Crippen LogP contribution in [-0.4, -0.2) is 20.6 Å². The molecule has 0 amide bonds. The molecule has 0 bridgehead atoms. The highest BCUT2D eigenvalue weighted by Crippen LogP contribution is 2.37. The van der Waals surface area contributed by atoms with Gasteiger partial charge in [0.05, 0.1) is 11.8 Å². The molecule has 1 aromatic rings. The Labute approximate surface area is 126 Å². The van der Waals surface area contributed by atoms with E-state index in [0.29, 0.717) is 0 Å². The normalized spacial score (nSPS) is 14.8. The molecule has 1 unspecified atom stereocenters. The molecule has 0 saturated carbocycles. The predicted molar refractivity (Wildman–Crippen MR) is 76.3 cm³/mol. The quantitative estimate of drug-likeness (QED) is 0.629. The van der Waals surface area contributed by atoms with Gasteiger partial charge in [-0.1, -0.05) is 20.3 Å². The second kappa shape index (κ2) is 5.95. The van der Waals surface area contributed by atoms with E-state index >= 15 is 0 Å². The molecule has 0 aliphatic carbocycles. The number of hydrogen-bond acceptors (Lipinski definition) is 3. The summed E-state index contributed by atoms with van der Waals surface area (Å²) in [6.07, 6.45) is -3.57. The molecule has 1 atom stereocenters. The predicted octanol–water partition coefficient (Wildman–Crippen LogP) is 4.05. The maximum atomic E-state index is 12.7. The molecule has 0 spiro atoms. The van der Waals surface area contributed by atoms with Crippen LogP contribution in [0.1, 0.15) is 31.9 Å². The first-order chi connectivity index (χ1) is 8.93. The minimum atomic E-state index is -4.56. The van der Waals surface area contributed by atoms with Crippen LogP contribution in [0.4, 0.5) is 13.2 Å². The average Bonchev–Trinajstić information content (AvgIpc) is 2.24. The van der Waals surface area contributed by atoms with E-state index in [1.807, 2.05) is 0 Å². The van der Waals surface area contributed by atoms with Gasteiger partial charge in [0, 0.05) is 10.0 Å². The fourth-order valence-corrected chi connectivity index (χ4v) is 2.24. The van der Waals surface area contributed by atoms with Crippen molar-refractivity contribution in [3.05, 3.63) is 27.7 Å². The van der Waals surface area contributed by atoms with E-state index in [4.69, 9.17) is 0 Å². The Bertz CT molecular complexity index is 527. The van der Waals surface area contributed by atoms with E-state index in [2.05, 4.69) is 20.3 Å². The molecule has 8 heteroatoms. The Morgan fingerprint density at radius 3 is 2.30 bits per heavy atom. The van der Waals surface area contributed by atoms with Crippen LogP contribution in [0.5, 0.6) is 5.75 Å². The zero-order valence-corrected chi connectivity index (χ0v) is 13.4. The van der Waals surface area contributed by atoms with Gasteiger partial charge in [0.25, 0.3) is 0 Å². The van der Waals surface area contributed by atoms with Crippen LogP contribution in [-0.2, 0) is 17.5 Å². The minimum absolute atomic E-state index is 0.141. The minimum Gasteiger partial charge on any atom is -0.591 e. The third kappa shape index (κ3) is 4.39. The van der Waals surface area contributed by atoms with Crippen LogP contribution < -0.4 is 0 Å². The van der Waals surface area contributed by atoms with Gasteiger partial charge in [0.1, 0.15) is 21.9 Å². The van der Waals surface area contributed by atoms with Gasteiger partial charge in [0.15, 0.2) is 0 Å². The molecule has 1 aromatic carbocycles. The molecule has 3 nitrogen and oxygen atoms in total. The van der Waals surface area contributed by atoms with Gasteiger partial charge >= 0.3 is 6.18 Å². The van der Waals surface area contributed by atoms with Crippen LogP contribution in [0, 0.1) is 0 Å². The highest BCUT2D eigenvalue weighted by molar-refractivity contribution is 9.10. The van der Waals surface area contributed by atoms with Crippen LogP contribution in [0.25, 0.3) is 0 Å². The Hall–Kier alpha value is -0.730. The number of aromatic hydroxyl groups is 1. The number of hydrogen-bond donors (Lipinski definition) is 1. The van der Waals surface area contributed by atoms with E-state index in [1.165, 1.54) is 0 Å². The van der Waals surface area contributed by atoms with Crippen molar-refractivity contribution in [1.82, 2.24) is 0 Å². The smallest absolute Gasteiger partial charge is 0.417 e. The summed E-state index contributed by atoms with van der Waals surface area (Å²) in [5, 5.41) is 9.61. The molecular weight excluding hydrogens is 359 g/mol. The van der Waals surface area contributed by atoms with Crippen molar-refractivity contribution in [2.75, 3.05) is 0 Å². The Balaban J connectivity index is 3.17. The second-order valence-corrected chi connectivity index (χ2v) is 7.77. The van der Waals surface area contributed by atoms with E-state index in [1.54, 1.807) is 20.8 Å². The molecule has 1 N–H and O–H groups in total. The van der Waals surface area contributed by atoms with Gasteiger partial charge in [-0.15, -0.1) is 0 Å². The molecule has 112 valence electrons. The molecule has 0 aliphatic heterocycles. The van der Waals surface area contributed by atoms with E-state index in [9.17, 15) is 22.8 Å². The van der Waals surface area contributed by atoms with Crippen LogP contribution in [0.3, 0.4) is 0 Å². The van der Waals surface area contributed by atoms with Crippen molar-refractivity contribution in [3.8, 4) is 5.75 Å². The topological polar surface area (TPSA) is 55.7 Å². The highest BCUT2D eigenvalue weighted by atomic mass is 79.9. The number of phenolic OH excluding ortho intramolecular Hbond substituents is 1. The van der Waals surface area contributed by atoms with Gasteiger partial charge in [-0.2, -0.15) is 13.2 Å². The number of nitrogens with zero attached hydrogens (tertiary/aromatic N) is 1. The number of rotatable bonds is 2. The maximum Gasteiger partial charge on any atom is 0.417 e. The maximum absolute atomic E-state index is 12.7. The fourth-order valence-electron chi connectivity index (χ4n) is 1.16. The van der Waals surface area contributed by atoms with Crippen molar-refractivity contribution >= 4 is 33.5 Å². The lowest BCUT2D eigenvalue weighted by atomic mass is 10.1. The lowest BCUT2D eigenvalue weighted by molar-refractivity contribution is -0.138. The van der Waals surface area contributed by atoms with E-state index in [0.717, 1.165) is 18.3 Å². The SMILES string of the molecule is CC(C)(C)[S+]([O-])N=Cc1cc(C(F)(F)F)c(Br)cc1O. The van der Waals surface area contributed by atoms with Gasteiger partial charge in [0.2, 0.25) is 0 Å². The van der Waals surface area contributed by atoms with Gasteiger partial charge in [-0.3, -0.25) is 0 Å². The summed E-state index contributed by atoms with van der Waals surface area (Å²) in [4.78, 5) is 0. The number of phenols is 1. The first-order valence-corrected chi connectivity index (χ1v) is 7.38. The second-order valence-electron chi connectivity index (χ2n) is 4.98. The molecule has 0 radical (unpaired) electrons. The highest BCUT2D eigenvalue weighted by Gasteiger charge is 2.34. The molecule has 0 aromatic heterocycles. The average molecular weight is 372 g/mol. The van der Waals surface area contributed by atoms with Crippen molar-refractivity contribution in [3.63, 3.8) is 0 Å². The van der Waals surface area contributed by atoms with Crippen LogP contribution in [0.2, 0.25) is 0 Å². The summed E-state index contributed by atoms with van der Waals surface area (Å²) in [5.74, 6) is -0.375. The standard InChI is InChI=1S/C12H13BrF3NO2S/c1-11(2,3)20(19)17-6-7-4-8(12(14,15)16)9(13)5-10(7)18/h4-6,18H,1-3H3. The van der Waals surface area contributed by atoms with Gasteiger partial charge in [-0.05, 0) is 32.9 Å². The third-order valence-electron chi connectivity index (χ3n) is 2.23. The van der Waals surface area contributed by atoms with Crippen molar-refractivity contribution in [2.24, 2.45) is 4.40 Å². The number of benzene rings is 1. The zero-order chi connectivity index (χ0) is 15.7. The molecule has 0 heterocycles. The molecule has 0 saturated heterocycles. The summed E-state index contributed by atoms with van der Waals surface area (Å²) < 4.78 is 52.7. The molecule has 1 rings (SSSR count). The van der Waals surface area contributed by atoms with Crippen molar-refractivity contribution in [1.29, 1.82) is 0 Å².